The van der Waals surface area contributed by atoms with Crippen LogP contribution in [0.4, 0.5) is 0 Å². The Bertz CT molecular complexity index is 407. The summed E-state index contributed by atoms with van der Waals surface area (Å²) in [5.74, 6) is -2.12. The number of aliphatic hydroxyl groups is 3. The van der Waals surface area contributed by atoms with E-state index >= 15 is 0 Å². The summed E-state index contributed by atoms with van der Waals surface area (Å²) in [6, 6.07) is 0. The van der Waals surface area contributed by atoms with Gasteiger partial charge in [0.15, 0.2) is 0 Å². The van der Waals surface area contributed by atoms with Crippen molar-refractivity contribution in [3.63, 3.8) is 0 Å². The van der Waals surface area contributed by atoms with Crippen molar-refractivity contribution in [2.24, 2.45) is 11.8 Å². The number of aliphatic carboxylic acids is 1. The molecule has 122 valence electrons. The Balaban J connectivity index is 2.76. The molecule has 1 rings (SSSR count). The normalized spacial score (nSPS) is 33.6. The molecule has 0 aromatic heterocycles. The number of carboxylic acids is 1. The zero-order chi connectivity index (χ0) is 16.9. The van der Waals surface area contributed by atoms with E-state index in [0.717, 1.165) is 19.3 Å². The third-order valence-electron chi connectivity index (χ3n) is 4.20. The maximum Gasteiger partial charge on any atom is 0.303 e. The van der Waals surface area contributed by atoms with Crippen LogP contribution in [0.1, 0.15) is 53.7 Å². The Morgan fingerprint density at radius 3 is 2.67 bits per heavy atom. The van der Waals surface area contributed by atoms with Gasteiger partial charge in [0.1, 0.15) is 0 Å². The first-order valence-corrected chi connectivity index (χ1v) is 7.67. The van der Waals surface area contributed by atoms with Crippen LogP contribution < -0.4 is 0 Å². The van der Waals surface area contributed by atoms with Gasteiger partial charge >= 0.3 is 5.97 Å². The van der Waals surface area contributed by atoms with E-state index in [-0.39, 0.29) is 12.8 Å². The van der Waals surface area contributed by atoms with Gasteiger partial charge in [-0.2, -0.15) is 0 Å². The van der Waals surface area contributed by atoms with Crippen LogP contribution >= 0.6 is 0 Å². The predicted octanol–water partition coefficient (Wildman–Crippen LogP) is 1.71. The van der Waals surface area contributed by atoms with Crippen LogP contribution in [0.3, 0.4) is 0 Å². The molecule has 21 heavy (non-hydrogen) atoms. The molecular formula is C16H28O5. The molecule has 0 heterocycles. The monoisotopic (exact) mass is 301 g/mol. The predicted molar refractivity (Wildman–Crippen MR) is 79.8 cm³/mol. The van der Waals surface area contributed by atoms with Crippen LogP contribution in [-0.4, -0.2) is 44.7 Å². The second kappa shape index (κ2) is 8.51. The summed E-state index contributed by atoms with van der Waals surface area (Å²) in [7, 11) is 0. The maximum absolute atomic E-state index is 10.8. The lowest BCUT2D eigenvalue weighted by molar-refractivity contribution is -0.139. The molecule has 1 aliphatic rings. The van der Waals surface area contributed by atoms with Crippen LogP contribution in [0.25, 0.3) is 0 Å². The van der Waals surface area contributed by atoms with Gasteiger partial charge in [0.25, 0.3) is 0 Å². The standard InChI is InChI=1S/C16H28O5/c1-3-4-5-6-12(17)7-10(2)15-13(18)8-11(16(15)21)9-14(19)20/h7,11-13,15-18,21H,3-6,8-9H2,1-2H3,(H,19,20)/t11-,12-,13-,15-,16+/m1/s1/i12D. The van der Waals surface area contributed by atoms with E-state index in [2.05, 4.69) is 0 Å². The minimum absolute atomic E-state index is 0.191. The van der Waals surface area contributed by atoms with Gasteiger partial charge in [0, 0.05) is 5.92 Å². The fourth-order valence-corrected chi connectivity index (χ4v) is 3.11. The maximum atomic E-state index is 10.8. The summed E-state index contributed by atoms with van der Waals surface area (Å²) in [5, 5.41) is 39.3. The topological polar surface area (TPSA) is 98.0 Å². The van der Waals surface area contributed by atoms with Crippen molar-refractivity contribution in [1.82, 2.24) is 0 Å². The Labute approximate surface area is 127 Å². The van der Waals surface area contributed by atoms with Gasteiger partial charge in [-0.1, -0.05) is 37.8 Å². The van der Waals surface area contributed by atoms with Gasteiger partial charge in [-0.05, 0) is 25.7 Å². The fraction of sp³-hybridized carbons (Fsp3) is 0.812. The highest BCUT2D eigenvalue weighted by molar-refractivity contribution is 5.67. The molecule has 1 aliphatic carbocycles. The van der Waals surface area contributed by atoms with Crippen LogP contribution in [0.5, 0.6) is 0 Å². The summed E-state index contributed by atoms with van der Waals surface area (Å²) < 4.78 is 7.92. The molecule has 1 fully saturated rings. The summed E-state index contributed by atoms with van der Waals surface area (Å²) in [5.41, 5.74) is 0.543. The molecule has 4 N–H and O–H groups in total. The van der Waals surface area contributed by atoms with Crippen LogP contribution in [0.15, 0.2) is 11.6 Å². The molecule has 0 saturated heterocycles. The molecule has 5 atom stereocenters. The zero-order valence-corrected chi connectivity index (χ0v) is 12.8. The van der Waals surface area contributed by atoms with Crippen LogP contribution in [-0.2, 0) is 4.79 Å². The summed E-state index contributed by atoms with van der Waals surface area (Å²) in [6.07, 6.45) is 0.842. The van der Waals surface area contributed by atoms with Crippen molar-refractivity contribution in [1.29, 1.82) is 0 Å². The Morgan fingerprint density at radius 2 is 2.10 bits per heavy atom. The Morgan fingerprint density at radius 1 is 1.43 bits per heavy atom. The Kier molecular flexibility index (Phi) is 6.67. The molecule has 0 unspecified atom stereocenters. The molecule has 5 heteroatoms. The molecule has 1 saturated carbocycles. The highest BCUT2D eigenvalue weighted by Gasteiger charge is 2.43. The van der Waals surface area contributed by atoms with Gasteiger partial charge < -0.3 is 20.4 Å². The van der Waals surface area contributed by atoms with Crippen molar-refractivity contribution in [3.8, 4) is 0 Å². The third kappa shape index (κ3) is 5.41. The van der Waals surface area contributed by atoms with Gasteiger partial charge in [0.2, 0.25) is 0 Å². The smallest absolute Gasteiger partial charge is 0.303 e. The van der Waals surface area contributed by atoms with Gasteiger partial charge in [0.05, 0.1) is 26.1 Å². The summed E-state index contributed by atoms with van der Waals surface area (Å²) in [4.78, 5) is 10.8. The van der Waals surface area contributed by atoms with Crippen molar-refractivity contribution in [2.45, 2.75) is 70.7 Å². The van der Waals surface area contributed by atoms with Crippen molar-refractivity contribution in [3.05, 3.63) is 11.6 Å². The average Bonchev–Trinajstić information content (AvgIpc) is 2.63. The van der Waals surface area contributed by atoms with Gasteiger partial charge in [-0.25, -0.2) is 0 Å². The second-order valence-corrected chi connectivity index (χ2v) is 6.01. The van der Waals surface area contributed by atoms with E-state index < -0.39 is 36.1 Å². The van der Waals surface area contributed by atoms with E-state index in [0.29, 0.717) is 12.0 Å². The number of carboxylic acid groups (broad SMARTS) is 1. The molecule has 0 aromatic rings. The number of hydrogen-bond acceptors (Lipinski definition) is 4. The van der Waals surface area contributed by atoms with E-state index in [1.54, 1.807) is 6.92 Å². The first kappa shape index (κ1) is 16.5. The van der Waals surface area contributed by atoms with Crippen molar-refractivity contribution in [2.75, 3.05) is 0 Å². The lowest BCUT2D eigenvalue weighted by Gasteiger charge is -2.22. The van der Waals surface area contributed by atoms with E-state index in [1.807, 2.05) is 6.92 Å². The number of hydrogen-bond donors (Lipinski definition) is 4. The minimum Gasteiger partial charge on any atom is -0.481 e. The van der Waals surface area contributed by atoms with Crippen LogP contribution in [0, 0.1) is 11.8 Å². The number of carbonyl (C=O) groups is 1. The summed E-state index contributed by atoms with van der Waals surface area (Å²) >= 11 is 0. The first-order chi connectivity index (χ1) is 10.2. The fourth-order valence-electron chi connectivity index (χ4n) is 3.11. The third-order valence-corrected chi connectivity index (χ3v) is 4.20. The highest BCUT2D eigenvalue weighted by atomic mass is 16.4. The lowest BCUT2D eigenvalue weighted by Crippen LogP contribution is -2.27. The molecule has 0 aromatic carbocycles. The lowest BCUT2D eigenvalue weighted by atomic mass is 9.90. The van der Waals surface area contributed by atoms with Crippen molar-refractivity contribution < 1.29 is 26.6 Å². The average molecular weight is 301 g/mol. The SMILES string of the molecule is [2H][C@](O)(C=C(C)[C@H]1[C@@H](O)[C@@H](CC(=O)O)C[C@H]1O)CCCCC. The van der Waals surface area contributed by atoms with Crippen LogP contribution in [0.2, 0.25) is 0 Å². The molecule has 0 spiro atoms. The molecule has 0 bridgehead atoms. The summed E-state index contributed by atoms with van der Waals surface area (Å²) in [6.45, 7) is 3.71. The quantitative estimate of drug-likeness (QED) is 0.404. The molecular weight excluding hydrogens is 272 g/mol. The zero-order valence-electron chi connectivity index (χ0n) is 13.8. The molecule has 5 nitrogen and oxygen atoms in total. The molecule has 0 amide bonds. The van der Waals surface area contributed by atoms with E-state index in [4.69, 9.17) is 6.48 Å². The molecule has 0 radical (unpaired) electrons. The minimum atomic E-state index is -1.72. The van der Waals surface area contributed by atoms with Crippen molar-refractivity contribution >= 4 is 5.97 Å². The molecule has 0 aliphatic heterocycles. The number of rotatable bonds is 8. The van der Waals surface area contributed by atoms with E-state index in [1.165, 1.54) is 6.08 Å². The van der Waals surface area contributed by atoms with Gasteiger partial charge in [-0.15, -0.1) is 0 Å². The Hall–Kier alpha value is -0.910. The first-order valence-electron chi connectivity index (χ1n) is 8.17. The van der Waals surface area contributed by atoms with E-state index in [9.17, 15) is 20.1 Å². The number of unbranched alkanes of at least 4 members (excludes halogenated alkanes) is 2. The highest BCUT2D eigenvalue weighted by Crippen LogP contribution is 2.38. The largest absolute Gasteiger partial charge is 0.481 e. The number of aliphatic hydroxyl groups excluding tert-OH is 2. The second-order valence-electron chi connectivity index (χ2n) is 6.01. The van der Waals surface area contributed by atoms with Gasteiger partial charge in [-0.3, -0.25) is 4.79 Å².